The fourth-order valence-corrected chi connectivity index (χ4v) is 2.62. The van der Waals surface area contributed by atoms with Crippen molar-refractivity contribution < 1.29 is 22.7 Å². The Morgan fingerprint density at radius 2 is 1.86 bits per heavy atom. The number of methoxy groups -OCH3 is 1. The van der Waals surface area contributed by atoms with Gasteiger partial charge in [0.2, 0.25) is 5.91 Å². The quantitative estimate of drug-likeness (QED) is 0.688. The molecule has 8 heteroatoms. The number of hydrogen-bond donors (Lipinski definition) is 2. The Morgan fingerprint density at radius 3 is 2.38 bits per heavy atom. The van der Waals surface area contributed by atoms with E-state index in [1.165, 1.54) is 0 Å². The summed E-state index contributed by atoms with van der Waals surface area (Å²) in [7, 11) is -2.54. The highest BCUT2D eigenvalue weighted by atomic mass is 32.2. The summed E-state index contributed by atoms with van der Waals surface area (Å²) in [6, 6.07) is 6.90. The largest absolute Gasteiger partial charge is 0.468 e. The molecule has 7 nitrogen and oxygen atoms in total. The van der Waals surface area contributed by atoms with E-state index in [1.807, 2.05) is 0 Å². The molecule has 1 amide bonds. The first-order valence-corrected chi connectivity index (χ1v) is 8.04. The van der Waals surface area contributed by atoms with E-state index in [0.29, 0.717) is 12.2 Å². The first-order valence-electron chi connectivity index (χ1n) is 6.22. The second kappa shape index (κ2) is 7.75. The molecule has 0 spiro atoms. The van der Waals surface area contributed by atoms with E-state index in [2.05, 4.69) is 10.1 Å². The molecule has 1 aromatic rings. The van der Waals surface area contributed by atoms with Crippen LogP contribution in [-0.4, -0.2) is 38.9 Å². The van der Waals surface area contributed by atoms with Gasteiger partial charge >= 0.3 is 5.97 Å². The predicted octanol–water partition coefficient (Wildman–Crippen LogP) is 0.0617. The van der Waals surface area contributed by atoms with Crippen LogP contribution in [0, 0.1) is 0 Å². The molecule has 0 heterocycles. The zero-order chi connectivity index (χ0) is 15.9. The molecule has 0 atom stereocenters. The molecule has 3 N–H and O–H groups in total. The van der Waals surface area contributed by atoms with Gasteiger partial charge in [-0.3, -0.25) is 9.59 Å². The number of anilines is 1. The van der Waals surface area contributed by atoms with Gasteiger partial charge in [0.1, 0.15) is 5.75 Å². The van der Waals surface area contributed by atoms with Gasteiger partial charge in [0.15, 0.2) is 9.84 Å². The molecule has 1 aromatic carbocycles. The molecular weight excluding hydrogens is 296 g/mol. The molecule has 0 aliphatic rings. The zero-order valence-corrected chi connectivity index (χ0v) is 12.5. The van der Waals surface area contributed by atoms with Crippen LogP contribution in [-0.2, 0) is 30.7 Å². The maximum absolute atomic E-state index is 11.7. The summed E-state index contributed by atoms with van der Waals surface area (Å²) in [4.78, 5) is 22.6. The first-order chi connectivity index (χ1) is 9.86. The normalized spacial score (nSPS) is 11.0. The summed E-state index contributed by atoms with van der Waals surface area (Å²) in [5, 5.41) is 2.57. The number of amides is 1. The third-order valence-electron chi connectivity index (χ3n) is 2.68. The molecule has 0 saturated carbocycles. The van der Waals surface area contributed by atoms with Crippen molar-refractivity contribution in [1.82, 2.24) is 0 Å². The van der Waals surface area contributed by atoms with Crippen LogP contribution >= 0.6 is 0 Å². The summed E-state index contributed by atoms with van der Waals surface area (Å²) < 4.78 is 27.4. The highest BCUT2D eigenvalue weighted by molar-refractivity contribution is 7.92. The van der Waals surface area contributed by atoms with Crippen LogP contribution in [0.2, 0.25) is 0 Å². The highest BCUT2D eigenvalue weighted by Crippen LogP contribution is 2.09. The Bertz CT molecular complexity index is 595. The van der Waals surface area contributed by atoms with Crippen molar-refractivity contribution in [2.24, 2.45) is 5.73 Å². The Balaban J connectivity index is 2.48. The van der Waals surface area contributed by atoms with Crippen LogP contribution < -0.4 is 11.1 Å². The van der Waals surface area contributed by atoms with Gasteiger partial charge in [-0.2, -0.15) is 0 Å². The molecule has 0 aliphatic carbocycles. The van der Waals surface area contributed by atoms with Gasteiger partial charge in [0.05, 0.1) is 12.9 Å². The molecular formula is C13H18N2O5S. The van der Waals surface area contributed by atoms with E-state index < -0.39 is 33.2 Å². The highest BCUT2D eigenvalue weighted by Gasteiger charge is 2.18. The lowest BCUT2D eigenvalue weighted by molar-refractivity contribution is -0.137. The lowest BCUT2D eigenvalue weighted by atomic mass is 10.2. The number of nitrogens with one attached hydrogen (secondary N) is 1. The van der Waals surface area contributed by atoms with Crippen molar-refractivity contribution in [3.05, 3.63) is 29.8 Å². The third kappa shape index (κ3) is 6.37. The number of carbonyl (C=O) groups is 2. The average molecular weight is 314 g/mol. The number of sulfone groups is 1. The van der Waals surface area contributed by atoms with Crippen LogP contribution in [0.4, 0.5) is 5.69 Å². The van der Waals surface area contributed by atoms with Gasteiger partial charge in [-0.15, -0.1) is 0 Å². The fourth-order valence-electron chi connectivity index (χ4n) is 1.51. The van der Waals surface area contributed by atoms with Crippen molar-refractivity contribution in [2.75, 3.05) is 23.9 Å². The topological polar surface area (TPSA) is 116 Å². The van der Waals surface area contributed by atoms with E-state index >= 15 is 0 Å². The minimum Gasteiger partial charge on any atom is -0.468 e. The molecule has 0 radical (unpaired) electrons. The molecule has 0 aliphatic heterocycles. The lowest BCUT2D eigenvalue weighted by Gasteiger charge is -2.06. The Labute approximate surface area is 123 Å². The number of benzene rings is 1. The second-order valence-corrected chi connectivity index (χ2v) is 6.55. The fraction of sp³-hybridized carbons (Fsp3) is 0.385. The van der Waals surface area contributed by atoms with Gasteiger partial charge in [-0.05, 0) is 17.7 Å². The van der Waals surface area contributed by atoms with Gasteiger partial charge < -0.3 is 15.8 Å². The average Bonchev–Trinajstić information content (AvgIpc) is 2.45. The monoisotopic (exact) mass is 314 g/mol. The molecule has 116 valence electrons. The number of nitrogens with two attached hydrogens (primary N) is 1. The number of rotatable bonds is 7. The number of esters is 1. The van der Waals surface area contributed by atoms with Crippen LogP contribution in [0.1, 0.15) is 12.0 Å². The van der Waals surface area contributed by atoms with Crippen LogP contribution in [0.5, 0.6) is 0 Å². The molecule has 0 fully saturated rings. The van der Waals surface area contributed by atoms with E-state index in [4.69, 9.17) is 5.73 Å². The number of hydrogen-bond acceptors (Lipinski definition) is 6. The molecule has 0 unspecified atom stereocenters. The summed E-state index contributed by atoms with van der Waals surface area (Å²) >= 11 is 0. The summed E-state index contributed by atoms with van der Waals surface area (Å²) in [6.07, 6.45) is -0.224. The first kappa shape index (κ1) is 17.1. The van der Waals surface area contributed by atoms with E-state index in [0.717, 1.165) is 12.7 Å². The van der Waals surface area contributed by atoms with Crippen molar-refractivity contribution in [1.29, 1.82) is 0 Å². The number of carbonyl (C=O) groups excluding carboxylic acids is 2. The summed E-state index contributed by atoms with van der Waals surface area (Å²) in [5.41, 5.74) is 6.94. The Morgan fingerprint density at radius 1 is 1.24 bits per heavy atom. The lowest BCUT2D eigenvalue weighted by Crippen LogP contribution is -2.23. The van der Waals surface area contributed by atoms with Crippen LogP contribution in [0.25, 0.3) is 0 Å². The van der Waals surface area contributed by atoms with Gasteiger partial charge in [0, 0.05) is 18.7 Å². The van der Waals surface area contributed by atoms with E-state index in [-0.39, 0.29) is 6.42 Å². The van der Waals surface area contributed by atoms with Crippen molar-refractivity contribution in [3.63, 3.8) is 0 Å². The third-order valence-corrected chi connectivity index (χ3v) is 4.18. The van der Waals surface area contributed by atoms with Crippen LogP contribution in [0.15, 0.2) is 24.3 Å². The molecule has 0 aromatic heterocycles. The van der Waals surface area contributed by atoms with Crippen molar-refractivity contribution in [2.45, 2.75) is 13.0 Å². The van der Waals surface area contributed by atoms with E-state index in [9.17, 15) is 18.0 Å². The van der Waals surface area contributed by atoms with Crippen LogP contribution in [0.3, 0.4) is 0 Å². The minimum absolute atomic E-state index is 0.224. The molecule has 21 heavy (non-hydrogen) atoms. The maximum atomic E-state index is 11.7. The Hall–Kier alpha value is -1.93. The SMILES string of the molecule is COC(=O)CS(=O)(=O)CCC(=O)Nc1ccc(CN)cc1. The summed E-state index contributed by atoms with van der Waals surface area (Å²) in [5.74, 6) is -2.41. The van der Waals surface area contributed by atoms with E-state index in [1.54, 1.807) is 24.3 Å². The molecule has 0 saturated heterocycles. The predicted molar refractivity (Wildman–Crippen MR) is 78.2 cm³/mol. The Kier molecular flexibility index (Phi) is 6.32. The number of ether oxygens (including phenoxy) is 1. The maximum Gasteiger partial charge on any atom is 0.320 e. The molecule has 0 bridgehead atoms. The smallest absolute Gasteiger partial charge is 0.320 e. The van der Waals surface area contributed by atoms with Gasteiger partial charge in [0.25, 0.3) is 0 Å². The summed E-state index contributed by atoms with van der Waals surface area (Å²) in [6.45, 7) is 0.403. The second-order valence-electron chi connectivity index (χ2n) is 4.37. The van der Waals surface area contributed by atoms with Crippen molar-refractivity contribution >= 4 is 27.4 Å². The van der Waals surface area contributed by atoms with Crippen molar-refractivity contribution in [3.8, 4) is 0 Å². The van der Waals surface area contributed by atoms with Gasteiger partial charge in [-0.25, -0.2) is 8.42 Å². The molecule has 1 rings (SSSR count). The standard InChI is InChI=1S/C13H18N2O5S/c1-20-13(17)9-21(18,19)7-6-12(16)15-11-4-2-10(8-14)3-5-11/h2-5H,6-9,14H2,1H3,(H,15,16). The van der Waals surface area contributed by atoms with Gasteiger partial charge in [-0.1, -0.05) is 12.1 Å². The minimum atomic E-state index is -3.64. The zero-order valence-electron chi connectivity index (χ0n) is 11.7.